The highest BCUT2D eigenvalue weighted by molar-refractivity contribution is 7.18. The maximum absolute atomic E-state index is 11.8. The Balaban J connectivity index is 1.83. The van der Waals surface area contributed by atoms with Gasteiger partial charge in [-0.05, 0) is 25.0 Å². The normalized spacial score (nSPS) is 12.5. The lowest BCUT2D eigenvalue weighted by molar-refractivity contribution is -0.122. The molecule has 0 radical (unpaired) electrons. The summed E-state index contributed by atoms with van der Waals surface area (Å²) in [5.74, 6) is -0.139. The summed E-state index contributed by atoms with van der Waals surface area (Å²) in [7, 11) is 1.64. The molecule has 0 aliphatic rings. The molecule has 0 aliphatic carbocycles. The van der Waals surface area contributed by atoms with Crippen LogP contribution in [0, 0.1) is 0 Å². The molecule has 2 aromatic rings. The third-order valence-corrected chi connectivity index (χ3v) is 3.99. The average Bonchev–Trinajstić information content (AvgIpc) is 2.87. The fourth-order valence-electron chi connectivity index (χ4n) is 1.87. The molecule has 0 aliphatic heterocycles. The third-order valence-electron chi connectivity index (χ3n) is 2.95. The quantitative estimate of drug-likeness (QED) is 0.761. The molecule has 0 fully saturated rings. The van der Waals surface area contributed by atoms with E-state index in [0.29, 0.717) is 19.6 Å². The third kappa shape index (κ3) is 4.00. The van der Waals surface area contributed by atoms with Crippen LogP contribution in [0.15, 0.2) is 24.3 Å². The first-order valence-electron chi connectivity index (χ1n) is 6.57. The van der Waals surface area contributed by atoms with Gasteiger partial charge in [0.25, 0.3) is 0 Å². The van der Waals surface area contributed by atoms with Crippen LogP contribution in [0.25, 0.3) is 10.2 Å². The van der Waals surface area contributed by atoms with E-state index in [1.54, 1.807) is 18.4 Å². The van der Waals surface area contributed by atoms with Gasteiger partial charge in [-0.2, -0.15) is 0 Å². The molecule has 0 saturated heterocycles. The zero-order chi connectivity index (χ0) is 14.4. The van der Waals surface area contributed by atoms with Gasteiger partial charge in [-0.3, -0.25) is 4.79 Å². The Bertz CT molecular complexity index is 537. The molecular weight excluding hydrogens is 274 g/mol. The van der Waals surface area contributed by atoms with Crippen LogP contribution < -0.4 is 11.1 Å². The first kappa shape index (κ1) is 14.9. The summed E-state index contributed by atoms with van der Waals surface area (Å²) in [4.78, 5) is 16.3. The molecule has 1 aromatic carbocycles. The Morgan fingerprint density at radius 1 is 1.50 bits per heavy atom. The summed E-state index contributed by atoms with van der Waals surface area (Å²) in [6.45, 7) is 1.05. The number of nitrogens with zero attached hydrogens (tertiary/aromatic N) is 1. The molecule has 6 heteroatoms. The van der Waals surface area contributed by atoms with E-state index in [9.17, 15) is 4.79 Å². The van der Waals surface area contributed by atoms with Gasteiger partial charge in [-0.25, -0.2) is 4.98 Å². The highest BCUT2D eigenvalue weighted by Crippen LogP contribution is 2.21. The first-order chi connectivity index (χ1) is 9.70. The monoisotopic (exact) mass is 293 g/mol. The second-order valence-corrected chi connectivity index (χ2v) is 5.65. The second kappa shape index (κ2) is 7.33. The number of nitrogens with two attached hydrogens (primary N) is 1. The number of aromatic nitrogens is 1. The minimum atomic E-state index is -0.487. The molecule has 108 valence electrons. The zero-order valence-electron chi connectivity index (χ0n) is 11.5. The highest BCUT2D eigenvalue weighted by Gasteiger charge is 2.13. The van der Waals surface area contributed by atoms with Crippen molar-refractivity contribution in [3.63, 3.8) is 0 Å². The van der Waals surface area contributed by atoms with Crippen molar-refractivity contribution < 1.29 is 9.53 Å². The van der Waals surface area contributed by atoms with E-state index in [1.165, 1.54) is 0 Å². The molecule has 2 rings (SSSR count). The standard InChI is InChI=1S/C14H19N3O2S/c1-19-8-4-5-10(15)14(18)16-9-13-17-11-6-2-3-7-12(11)20-13/h2-3,6-7,10H,4-5,8-9,15H2,1H3,(H,16,18). The van der Waals surface area contributed by atoms with Gasteiger partial charge in [-0.15, -0.1) is 11.3 Å². The van der Waals surface area contributed by atoms with Crippen molar-refractivity contribution in [3.05, 3.63) is 29.3 Å². The fourth-order valence-corrected chi connectivity index (χ4v) is 2.78. The van der Waals surface area contributed by atoms with E-state index >= 15 is 0 Å². The van der Waals surface area contributed by atoms with Gasteiger partial charge in [0.15, 0.2) is 0 Å². The number of carbonyl (C=O) groups is 1. The number of ether oxygens (including phenoxy) is 1. The predicted molar refractivity (Wildman–Crippen MR) is 80.6 cm³/mol. The van der Waals surface area contributed by atoms with E-state index in [4.69, 9.17) is 10.5 Å². The molecule has 3 N–H and O–H groups in total. The number of fused-ring (bicyclic) bond motifs is 1. The lowest BCUT2D eigenvalue weighted by Gasteiger charge is -2.10. The highest BCUT2D eigenvalue weighted by atomic mass is 32.1. The van der Waals surface area contributed by atoms with Crippen LogP contribution >= 0.6 is 11.3 Å². The Hall–Kier alpha value is -1.50. The maximum Gasteiger partial charge on any atom is 0.237 e. The van der Waals surface area contributed by atoms with Crippen molar-refractivity contribution >= 4 is 27.5 Å². The van der Waals surface area contributed by atoms with Crippen molar-refractivity contribution in [3.8, 4) is 0 Å². The van der Waals surface area contributed by atoms with Crippen LogP contribution in [0.4, 0.5) is 0 Å². The number of benzene rings is 1. The van der Waals surface area contributed by atoms with Gasteiger partial charge < -0.3 is 15.8 Å². The summed E-state index contributed by atoms with van der Waals surface area (Å²) >= 11 is 1.59. The van der Waals surface area contributed by atoms with E-state index < -0.39 is 6.04 Å². The van der Waals surface area contributed by atoms with Gasteiger partial charge in [0, 0.05) is 13.7 Å². The Morgan fingerprint density at radius 3 is 3.05 bits per heavy atom. The smallest absolute Gasteiger partial charge is 0.237 e. The van der Waals surface area contributed by atoms with Gasteiger partial charge in [0.1, 0.15) is 5.01 Å². The van der Waals surface area contributed by atoms with Crippen molar-refractivity contribution in [2.24, 2.45) is 5.73 Å². The lowest BCUT2D eigenvalue weighted by Crippen LogP contribution is -2.40. The van der Waals surface area contributed by atoms with E-state index in [-0.39, 0.29) is 5.91 Å². The summed E-state index contributed by atoms with van der Waals surface area (Å²) in [6.07, 6.45) is 1.41. The summed E-state index contributed by atoms with van der Waals surface area (Å²) < 4.78 is 6.07. The number of carbonyl (C=O) groups excluding carboxylic acids is 1. The Morgan fingerprint density at radius 2 is 2.30 bits per heavy atom. The minimum Gasteiger partial charge on any atom is -0.385 e. The molecule has 0 spiro atoms. The molecule has 5 nitrogen and oxygen atoms in total. The van der Waals surface area contributed by atoms with E-state index in [0.717, 1.165) is 21.6 Å². The van der Waals surface area contributed by atoms with Crippen molar-refractivity contribution in [2.45, 2.75) is 25.4 Å². The molecular formula is C14H19N3O2S. The number of para-hydroxylation sites is 1. The average molecular weight is 293 g/mol. The molecule has 0 bridgehead atoms. The molecule has 1 amide bonds. The Kier molecular flexibility index (Phi) is 5.46. The predicted octanol–water partition coefficient (Wildman–Crippen LogP) is 1.67. The Labute approximate surface area is 122 Å². The molecule has 20 heavy (non-hydrogen) atoms. The van der Waals surface area contributed by atoms with E-state index in [2.05, 4.69) is 10.3 Å². The lowest BCUT2D eigenvalue weighted by atomic mass is 10.1. The number of hydrogen-bond acceptors (Lipinski definition) is 5. The summed E-state index contributed by atoms with van der Waals surface area (Å²) in [5, 5.41) is 3.72. The number of hydrogen-bond donors (Lipinski definition) is 2. The second-order valence-electron chi connectivity index (χ2n) is 4.53. The zero-order valence-corrected chi connectivity index (χ0v) is 12.3. The van der Waals surface area contributed by atoms with Crippen molar-refractivity contribution in [2.75, 3.05) is 13.7 Å². The van der Waals surface area contributed by atoms with Crippen molar-refractivity contribution in [1.29, 1.82) is 0 Å². The van der Waals surface area contributed by atoms with Gasteiger partial charge in [0.05, 0.1) is 22.8 Å². The number of methoxy groups -OCH3 is 1. The number of amides is 1. The van der Waals surface area contributed by atoms with Crippen LogP contribution in [0.3, 0.4) is 0 Å². The topological polar surface area (TPSA) is 77.2 Å². The van der Waals surface area contributed by atoms with Crippen LogP contribution in [-0.4, -0.2) is 30.6 Å². The number of thiazole rings is 1. The molecule has 0 saturated carbocycles. The van der Waals surface area contributed by atoms with Gasteiger partial charge in [-0.1, -0.05) is 12.1 Å². The van der Waals surface area contributed by atoms with E-state index in [1.807, 2.05) is 24.3 Å². The van der Waals surface area contributed by atoms with Crippen LogP contribution in [0.5, 0.6) is 0 Å². The minimum absolute atomic E-state index is 0.139. The summed E-state index contributed by atoms with van der Waals surface area (Å²) in [5.41, 5.74) is 6.78. The first-order valence-corrected chi connectivity index (χ1v) is 7.39. The molecule has 1 atom stereocenters. The molecule has 1 aromatic heterocycles. The molecule has 1 unspecified atom stereocenters. The number of nitrogens with one attached hydrogen (secondary N) is 1. The molecule has 1 heterocycles. The van der Waals surface area contributed by atoms with Gasteiger partial charge >= 0.3 is 0 Å². The van der Waals surface area contributed by atoms with Crippen LogP contribution in [-0.2, 0) is 16.1 Å². The maximum atomic E-state index is 11.8. The van der Waals surface area contributed by atoms with Gasteiger partial charge in [0.2, 0.25) is 5.91 Å². The summed E-state index contributed by atoms with van der Waals surface area (Å²) in [6, 6.07) is 7.44. The number of rotatable bonds is 7. The van der Waals surface area contributed by atoms with Crippen LogP contribution in [0.2, 0.25) is 0 Å². The fraction of sp³-hybridized carbons (Fsp3) is 0.429. The SMILES string of the molecule is COCCCC(N)C(=O)NCc1nc2ccccc2s1. The van der Waals surface area contributed by atoms with Crippen molar-refractivity contribution in [1.82, 2.24) is 10.3 Å². The largest absolute Gasteiger partial charge is 0.385 e. The van der Waals surface area contributed by atoms with Crippen LogP contribution in [0.1, 0.15) is 17.8 Å².